The van der Waals surface area contributed by atoms with Gasteiger partial charge in [-0.2, -0.15) is 8.42 Å². The Morgan fingerprint density at radius 1 is 1.47 bits per heavy atom. The fourth-order valence-corrected chi connectivity index (χ4v) is 1.28. The summed E-state index contributed by atoms with van der Waals surface area (Å²) in [5, 5.41) is 0. The van der Waals surface area contributed by atoms with Crippen molar-refractivity contribution in [2.45, 2.75) is 45.7 Å². The van der Waals surface area contributed by atoms with Crippen LogP contribution in [-0.4, -0.2) is 31.2 Å². The summed E-state index contributed by atoms with van der Waals surface area (Å²) >= 11 is 0. The largest absolute Gasteiger partial charge is 0.397 e. The van der Waals surface area contributed by atoms with Crippen molar-refractivity contribution in [3.8, 4) is 0 Å². The zero-order valence-electron chi connectivity index (χ0n) is 9.73. The van der Waals surface area contributed by atoms with E-state index in [0.717, 1.165) is 6.42 Å². The van der Waals surface area contributed by atoms with Crippen LogP contribution in [0.15, 0.2) is 0 Å². The zero-order chi connectivity index (χ0) is 12.7. The highest BCUT2D eigenvalue weighted by Gasteiger charge is 2.11. The van der Waals surface area contributed by atoms with E-state index in [1.807, 2.05) is 20.8 Å². The number of hydrogen-bond donors (Lipinski definition) is 3. The molecule has 0 aromatic rings. The van der Waals surface area contributed by atoms with Crippen LogP contribution in [0.4, 0.5) is 0 Å². The molecule has 0 fully saturated rings. The Balaban J connectivity index is 0. The van der Waals surface area contributed by atoms with E-state index >= 15 is 0 Å². The first-order valence-corrected chi connectivity index (χ1v) is 6.00. The van der Waals surface area contributed by atoms with Gasteiger partial charge >= 0.3 is 10.4 Å². The van der Waals surface area contributed by atoms with E-state index in [2.05, 4.69) is 4.18 Å². The maximum absolute atomic E-state index is 9.56. The predicted molar refractivity (Wildman–Crippen MR) is 59.7 cm³/mol. The van der Waals surface area contributed by atoms with Crippen molar-refractivity contribution in [1.82, 2.24) is 0 Å². The highest BCUT2D eigenvalue weighted by Crippen LogP contribution is 2.04. The third-order valence-corrected chi connectivity index (χ3v) is 1.65. The highest BCUT2D eigenvalue weighted by molar-refractivity contribution is 7.80. The Morgan fingerprint density at radius 2 is 1.87 bits per heavy atom. The van der Waals surface area contributed by atoms with Crippen LogP contribution in [0.3, 0.4) is 0 Å². The molecule has 0 rings (SSSR count). The van der Waals surface area contributed by atoms with Gasteiger partial charge < -0.3 is 11.5 Å². The SMILES string of the molecule is CC(N)CC(C)(C)N.CCOS(=O)(=O)O. The summed E-state index contributed by atoms with van der Waals surface area (Å²) < 4.78 is 30.7. The molecule has 1 atom stereocenters. The molecule has 0 aromatic heterocycles. The fraction of sp³-hybridized carbons (Fsp3) is 1.00. The third kappa shape index (κ3) is 24.8. The first kappa shape index (κ1) is 17.2. The summed E-state index contributed by atoms with van der Waals surface area (Å²) in [6.07, 6.45) is 0.882. The molecule has 15 heavy (non-hydrogen) atoms. The quantitative estimate of drug-likeness (QED) is 0.610. The molecule has 0 aliphatic heterocycles. The topological polar surface area (TPSA) is 116 Å². The van der Waals surface area contributed by atoms with Crippen LogP contribution in [0.2, 0.25) is 0 Å². The van der Waals surface area contributed by atoms with E-state index in [4.69, 9.17) is 16.0 Å². The van der Waals surface area contributed by atoms with Gasteiger partial charge in [0.25, 0.3) is 0 Å². The molecule has 0 aliphatic rings. The van der Waals surface area contributed by atoms with Gasteiger partial charge in [0.1, 0.15) is 0 Å². The Labute approximate surface area is 91.9 Å². The molecular formula is C8H22N2O4S. The minimum atomic E-state index is -4.17. The summed E-state index contributed by atoms with van der Waals surface area (Å²) in [6.45, 7) is 7.37. The molecule has 7 heteroatoms. The van der Waals surface area contributed by atoms with Crippen LogP contribution < -0.4 is 11.5 Å². The molecule has 0 saturated carbocycles. The van der Waals surface area contributed by atoms with Crippen LogP contribution in [0.5, 0.6) is 0 Å². The van der Waals surface area contributed by atoms with Crippen molar-refractivity contribution in [3.63, 3.8) is 0 Å². The maximum atomic E-state index is 9.56. The van der Waals surface area contributed by atoms with Crippen molar-refractivity contribution in [3.05, 3.63) is 0 Å². The van der Waals surface area contributed by atoms with Gasteiger partial charge in [0, 0.05) is 11.6 Å². The highest BCUT2D eigenvalue weighted by atomic mass is 32.3. The summed E-state index contributed by atoms with van der Waals surface area (Å²) in [7, 11) is -4.17. The van der Waals surface area contributed by atoms with Crippen molar-refractivity contribution >= 4 is 10.4 Å². The Morgan fingerprint density at radius 3 is 1.87 bits per heavy atom. The van der Waals surface area contributed by atoms with Crippen LogP contribution in [0.1, 0.15) is 34.1 Å². The van der Waals surface area contributed by atoms with Gasteiger partial charge in [-0.15, -0.1) is 0 Å². The van der Waals surface area contributed by atoms with Crippen molar-refractivity contribution in [1.29, 1.82) is 0 Å². The molecule has 0 heterocycles. The second-order valence-corrected chi connectivity index (χ2v) is 5.10. The minimum Gasteiger partial charge on any atom is -0.328 e. The molecule has 0 saturated heterocycles. The van der Waals surface area contributed by atoms with E-state index in [1.165, 1.54) is 6.92 Å². The van der Waals surface area contributed by atoms with E-state index in [-0.39, 0.29) is 18.2 Å². The number of rotatable bonds is 4. The zero-order valence-corrected chi connectivity index (χ0v) is 10.5. The van der Waals surface area contributed by atoms with Crippen LogP contribution in [0, 0.1) is 0 Å². The lowest BCUT2D eigenvalue weighted by atomic mass is 9.98. The minimum absolute atomic E-state index is 0.0289. The second-order valence-electron chi connectivity index (χ2n) is 4.00. The van der Waals surface area contributed by atoms with Crippen molar-refractivity contribution in [2.24, 2.45) is 11.5 Å². The van der Waals surface area contributed by atoms with Gasteiger partial charge in [0.15, 0.2) is 0 Å². The van der Waals surface area contributed by atoms with E-state index in [0.29, 0.717) is 0 Å². The number of nitrogens with two attached hydrogens (primary N) is 2. The molecule has 0 bridgehead atoms. The molecule has 1 unspecified atom stereocenters. The fourth-order valence-electron chi connectivity index (χ4n) is 0.979. The molecule has 0 amide bonds. The van der Waals surface area contributed by atoms with Crippen LogP contribution in [-0.2, 0) is 14.6 Å². The summed E-state index contributed by atoms with van der Waals surface area (Å²) in [6, 6.07) is 0.218. The van der Waals surface area contributed by atoms with Crippen LogP contribution in [0.25, 0.3) is 0 Å². The maximum Gasteiger partial charge on any atom is 0.397 e. The lowest BCUT2D eigenvalue weighted by Crippen LogP contribution is -2.38. The van der Waals surface area contributed by atoms with Gasteiger partial charge in [-0.1, -0.05) is 0 Å². The van der Waals surface area contributed by atoms with Crippen molar-refractivity contribution < 1.29 is 17.2 Å². The summed E-state index contributed by atoms with van der Waals surface area (Å²) in [5.41, 5.74) is 11.1. The van der Waals surface area contributed by atoms with Gasteiger partial charge in [-0.3, -0.25) is 4.55 Å². The first-order valence-electron chi connectivity index (χ1n) is 4.64. The van der Waals surface area contributed by atoms with E-state index in [1.54, 1.807) is 0 Å². The standard InChI is InChI=1S/C6H16N2.C2H6O4S/c1-5(7)4-6(2,3)8;1-2-6-7(3,4)5/h5H,4,7-8H2,1-3H3;2H2,1H3,(H,3,4,5). The molecule has 6 nitrogen and oxygen atoms in total. The Hall–Kier alpha value is -0.210. The average Bonchev–Trinajstić information content (AvgIpc) is 1.77. The van der Waals surface area contributed by atoms with E-state index in [9.17, 15) is 8.42 Å². The first-order chi connectivity index (χ1) is 6.48. The van der Waals surface area contributed by atoms with Gasteiger partial charge in [-0.25, -0.2) is 4.18 Å². The van der Waals surface area contributed by atoms with Crippen LogP contribution >= 0.6 is 0 Å². The lowest BCUT2D eigenvalue weighted by Gasteiger charge is -2.20. The molecule has 0 radical (unpaired) electrons. The molecule has 94 valence electrons. The normalized spacial score (nSPS) is 14.1. The Bertz CT molecular complexity index is 244. The smallest absolute Gasteiger partial charge is 0.328 e. The number of hydrogen-bond acceptors (Lipinski definition) is 5. The average molecular weight is 242 g/mol. The Kier molecular flexibility index (Phi) is 8.17. The molecule has 0 spiro atoms. The molecule has 0 aromatic carbocycles. The summed E-state index contributed by atoms with van der Waals surface area (Å²) in [5.74, 6) is 0. The lowest BCUT2D eigenvalue weighted by molar-refractivity contribution is 0.283. The predicted octanol–water partition coefficient (Wildman–Crippen LogP) is 0.287. The molecule has 0 aliphatic carbocycles. The third-order valence-electron chi connectivity index (χ3n) is 1.11. The monoisotopic (exact) mass is 242 g/mol. The van der Waals surface area contributed by atoms with Gasteiger partial charge in [-0.05, 0) is 34.1 Å². The van der Waals surface area contributed by atoms with E-state index < -0.39 is 10.4 Å². The molecular weight excluding hydrogens is 220 g/mol. The van der Waals surface area contributed by atoms with Gasteiger partial charge in [0.2, 0.25) is 0 Å². The van der Waals surface area contributed by atoms with Crippen molar-refractivity contribution in [2.75, 3.05) is 6.61 Å². The summed E-state index contributed by atoms with van der Waals surface area (Å²) in [4.78, 5) is 0. The van der Waals surface area contributed by atoms with Gasteiger partial charge in [0.05, 0.1) is 6.61 Å². The second kappa shape index (κ2) is 7.13. The molecule has 5 N–H and O–H groups in total.